The number of hydrogen-bond donors (Lipinski definition) is 0. The molecule has 0 saturated carbocycles. The summed E-state index contributed by atoms with van der Waals surface area (Å²) in [6, 6.07) is 14.6. The van der Waals surface area contributed by atoms with Crippen LogP contribution >= 0.6 is 0 Å². The van der Waals surface area contributed by atoms with Crippen LogP contribution in [-0.4, -0.2) is 7.11 Å². The summed E-state index contributed by atoms with van der Waals surface area (Å²) in [7, 11) is 1.71. The van der Waals surface area contributed by atoms with Crippen LogP contribution < -0.4 is 9.47 Å². The fourth-order valence-corrected chi connectivity index (χ4v) is 3.11. The molecule has 0 saturated heterocycles. The zero-order valence-corrected chi connectivity index (χ0v) is 10.7. The number of para-hydroxylation sites is 1. The van der Waals surface area contributed by atoms with Crippen LogP contribution in [0.15, 0.2) is 54.3 Å². The molecule has 0 fully saturated rings. The van der Waals surface area contributed by atoms with E-state index in [1.165, 1.54) is 22.3 Å². The maximum absolute atomic E-state index is 5.73. The highest BCUT2D eigenvalue weighted by molar-refractivity contribution is 5.58. The van der Waals surface area contributed by atoms with Gasteiger partial charge in [0.1, 0.15) is 11.5 Å². The number of ether oxygens (including phenoxy) is 2. The lowest BCUT2D eigenvalue weighted by Gasteiger charge is -2.22. The largest absolute Gasteiger partial charge is 0.497 e. The minimum absolute atomic E-state index is 0.353. The van der Waals surface area contributed by atoms with Crippen LogP contribution in [0.3, 0.4) is 0 Å². The van der Waals surface area contributed by atoms with Gasteiger partial charge in [0.05, 0.1) is 13.4 Å². The first-order chi connectivity index (χ1) is 9.36. The molecule has 1 aliphatic heterocycles. The molecular weight excluding hydrogens is 236 g/mol. The van der Waals surface area contributed by atoms with Crippen LogP contribution in [0.5, 0.6) is 11.5 Å². The van der Waals surface area contributed by atoms with E-state index in [-0.39, 0.29) is 0 Å². The molecular formula is C17H14O2. The fourth-order valence-electron chi connectivity index (χ4n) is 3.11. The summed E-state index contributed by atoms with van der Waals surface area (Å²) in [4.78, 5) is 0. The smallest absolute Gasteiger partial charge is 0.130 e. The summed E-state index contributed by atoms with van der Waals surface area (Å²) in [5.41, 5.74) is 5.32. The minimum atomic E-state index is 0.353. The lowest BCUT2D eigenvalue weighted by molar-refractivity contribution is 0.414. The molecule has 4 rings (SSSR count). The molecule has 1 unspecified atom stereocenters. The second kappa shape index (κ2) is 3.89. The van der Waals surface area contributed by atoms with Gasteiger partial charge in [0.15, 0.2) is 0 Å². The van der Waals surface area contributed by atoms with Gasteiger partial charge in [0.2, 0.25) is 0 Å². The summed E-state index contributed by atoms with van der Waals surface area (Å²) in [5, 5.41) is 0. The molecule has 19 heavy (non-hydrogen) atoms. The zero-order chi connectivity index (χ0) is 12.8. The molecule has 2 nitrogen and oxygen atoms in total. The fraction of sp³-hybridized carbons (Fsp3) is 0.176. The first kappa shape index (κ1) is 10.7. The van der Waals surface area contributed by atoms with Crippen LogP contribution in [0.1, 0.15) is 22.6 Å². The van der Waals surface area contributed by atoms with Crippen molar-refractivity contribution in [2.24, 2.45) is 0 Å². The Morgan fingerprint density at radius 3 is 2.89 bits per heavy atom. The number of methoxy groups -OCH3 is 1. The van der Waals surface area contributed by atoms with Crippen molar-refractivity contribution in [1.82, 2.24) is 0 Å². The van der Waals surface area contributed by atoms with E-state index in [4.69, 9.17) is 9.47 Å². The average Bonchev–Trinajstić information content (AvgIpc) is 2.84. The molecule has 0 bridgehead atoms. The Labute approximate surface area is 112 Å². The standard InChI is InChI=1S/C17H14O2/c1-18-13-6-7-14-11(9-13)8-12-10-19-16-5-3-2-4-15(16)17(12)14/h2-7,9-10,17H,8H2,1H3. The number of allylic oxidation sites excluding steroid dienone is 1. The van der Waals surface area contributed by atoms with Gasteiger partial charge in [-0.25, -0.2) is 0 Å². The lowest BCUT2D eigenvalue weighted by Crippen LogP contribution is -2.07. The zero-order valence-electron chi connectivity index (χ0n) is 10.7. The van der Waals surface area contributed by atoms with Gasteiger partial charge >= 0.3 is 0 Å². The van der Waals surface area contributed by atoms with Crippen LogP contribution in [-0.2, 0) is 6.42 Å². The number of fused-ring (bicyclic) bond motifs is 5. The van der Waals surface area contributed by atoms with Crippen molar-refractivity contribution < 1.29 is 9.47 Å². The highest BCUT2D eigenvalue weighted by Crippen LogP contribution is 2.48. The summed E-state index contributed by atoms with van der Waals surface area (Å²) >= 11 is 0. The Balaban J connectivity index is 1.89. The van der Waals surface area contributed by atoms with Gasteiger partial charge in [-0.2, -0.15) is 0 Å². The van der Waals surface area contributed by atoms with Gasteiger partial charge in [0.25, 0.3) is 0 Å². The van der Waals surface area contributed by atoms with E-state index in [1.54, 1.807) is 7.11 Å². The molecule has 2 aromatic rings. The third-order valence-corrected chi connectivity index (χ3v) is 3.99. The van der Waals surface area contributed by atoms with Crippen LogP contribution in [0.4, 0.5) is 0 Å². The van der Waals surface area contributed by atoms with Crippen LogP contribution in [0.25, 0.3) is 0 Å². The SMILES string of the molecule is COc1ccc2c(c1)CC1=COc3ccccc3C12. The lowest BCUT2D eigenvalue weighted by atomic mass is 9.88. The molecule has 2 aliphatic rings. The third kappa shape index (κ3) is 1.49. The van der Waals surface area contributed by atoms with Crippen molar-refractivity contribution in [3.8, 4) is 11.5 Å². The molecule has 0 radical (unpaired) electrons. The van der Waals surface area contributed by atoms with Crippen LogP contribution in [0.2, 0.25) is 0 Å². The van der Waals surface area contributed by atoms with E-state index in [0.29, 0.717) is 5.92 Å². The highest BCUT2D eigenvalue weighted by Gasteiger charge is 2.33. The van der Waals surface area contributed by atoms with Crippen molar-refractivity contribution in [2.75, 3.05) is 7.11 Å². The van der Waals surface area contributed by atoms with E-state index >= 15 is 0 Å². The van der Waals surface area contributed by atoms with Crippen LogP contribution in [0, 0.1) is 0 Å². The third-order valence-electron chi connectivity index (χ3n) is 3.99. The van der Waals surface area contributed by atoms with Gasteiger partial charge < -0.3 is 9.47 Å². The molecule has 2 heteroatoms. The Hall–Kier alpha value is -2.22. The summed E-state index contributed by atoms with van der Waals surface area (Å²) in [5.74, 6) is 2.25. The van der Waals surface area contributed by atoms with E-state index in [2.05, 4.69) is 24.3 Å². The normalized spacial score (nSPS) is 18.8. The summed E-state index contributed by atoms with van der Waals surface area (Å²) in [6.45, 7) is 0. The summed E-state index contributed by atoms with van der Waals surface area (Å²) < 4.78 is 11.0. The topological polar surface area (TPSA) is 18.5 Å². The Morgan fingerprint density at radius 1 is 1.11 bits per heavy atom. The molecule has 0 N–H and O–H groups in total. The monoisotopic (exact) mass is 250 g/mol. The first-order valence-corrected chi connectivity index (χ1v) is 6.48. The van der Waals surface area contributed by atoms with Gasteiger partial charge in [-0.1, -0.05) is 24.3 Å². The van der Waals surface area contributed by atoms with E-state index < -0.39 is 0 Å². The van der Waals surface area contributed by atoms with Gasteiger partial charge in [0, 0.05) is 11.5 Å². The number of rotatable bonds is 1. The van der Waals surface area contributed by atoms with Crippen molar-refractivity contribution in [3.63, 3.8) is 0 Å². The average molecular weight is 250 g/mol. The van der Waals surface area contributed by atoms with Gasteiger partial charge in [-0.05, 0) is 41.3 Å². The molecule has 1 heterocycles. The molecule has 0 amide bonds. The van der Waals surface area contributed by atoms with E-state index in [1.807, 2.05) is 24.5 Å². The van der Waals surface area contributed by atoms with E-state index in [0.717, 1.165) is 17.9 Å². The first-order valence-electron chi connectivity index (χ1n) is 6.48. The predicted molar refractivity (Wildman–Crippen MR) is 73.7 cm³/mol. The van der Waals surface area contributed by atoms with E-state index in [9.17, 15) is 0 Å². The molecule has 1 aliphatic carbocycles. The molecule has 94 valence electrons. The van der Waals surface area contributed by atoms with Crippen molar-refractivity contribution in [1.29, 1.82) is 0 Å². The number of hydrogen-bond acceptors (Lipinski definition) is 2. The number of benzene rings is 2. The van der Waals surface area contributed by atoms with Crippen molar-refractivity contribution >= 4 is 0 Å². The maximum atomic E-state index is 5.73. The van der Waals surface area contributed by atoms with Gasteiger partial charge in [-0.15, -0.1) is 0 Å². The Morgan fingerprint density at radius 2 is 2.00 bits per heavy atom. The second-order valence-electron chi connectivity index (χ2n) is 5.02. The van der Waals surface area contributed by atoms with Gasteiger partial charge in [-0.3, -0.25) is 0 Å². The highest BCUT2D eigenvalue weighted by atomic mass is 16.5. The summed E-state index contributed by atoms with van der Waals surface area (Å²) in [6.07, 6.45) is 2.87. The second-order valence-corrected chi connectivity index (χ2v) is 5.02. The quantitative estimate of drug-likeness (QED) is 0.769. The molecule has 0 spiro atoms. The van der Waals surface area contributed by atoms with Crippen molar-refractivity contribution in [3.05, 3.63) is 71.0 Å². The Kier molecular flexibility index (Phi) is 2.18. The van der Waals surface area contributed by atoms with Crippen molar-refractivity contribution in [2.45, 2.75) is 12.3 Å². The minimum Gasteiger partial charge on any atom is -0.497 e. The maximum Gasteiger partial charge on any atom is 0.130 e. The molecule has 1 atom stereocenters. The molecule has 0 aromatic heterocycles. The Bertz CT molecular complexity index is 685. The predicted octanol–water partition coefficient (Wildman–Crippen LogP) is 3.66. The molecule has 2 aromatic carbocycles.